The Morgan fingerprint density at radius 2 is 2.00 bits per heavy atom. The van der Waals surface area contributed by atoms with Crippen molar-refractivity contribution in [3.8, 4) is 5.75 Å². The molecule has 0 amide bonds. The first kappa shape index (κ1) is 14.9. The van der Waals surface area contributed by atoms with Crippen LogP contribution in [0.25, 0.3) is 5.57 Å². The summed E-state index contributed by atoms with van der Waals surface area (Å²) >= 11 is 0. The molecule has 0 bridgehead atoms. The van der Waals surface area contributed by atoms with E-state index in [1.54, 1.807) is 0 Å². The molecule has 0 aliphatic heterocycles. The molecule has 1 unspecified atom stereocenters. The van der Waals surface area contributed by atoms with E-state index in [4.69, 9.17) is 10.5 Å². The van der Waals surface area contributed by atoms with Gasteiger partial charge in [0, 0.05) is 11.1 Å². The molecule has 1 aliphatic rings. The molecular weight excluding hydrogens is 267 g/mol. The molecule has 0 aromatic heterocycles. The summed E-state index contributed by atoms with van der Waals surface area (Å²) in [6.07, 6.45) is -0.0958. The quantitative estimate of drug-likeness (QED) is 0.891. The first-order valence-electron chi connectivity index (χ1n) is 6.46. The highest BCUT2D eigenvalue weighted by molar-refractivity contribution is 5.72. The van der Waals surface area contributed by atoms with E-state index in [-0.39, 0.29) is 11.3 Å². The van der Waals surface area contributed by atoms with E-state index in [2.05, 4.69) is 0 Å². The number of allylic oxidation sites excluding steroid dienone is 1. The molecule has 5 heteroatoms. The van der Waals surface area contributed by atoms with E-state index < -0.39 is 11.7 Å². The molecule has 110 valence electrons. The summed E-state index contributed by atoms with van der Waals surface area (Å²) in [6.45, 7) is 1.98. The predicted molar refractivity (Wildman–Crippen MR) is 72.4 cm³/mol. The Labute approximate surface area is 116 Å². The molecule has 0 spiro atoms. The van der Waals surface area contributed by atoms with E-state index in [1.165, 1.54) is 13.2 Å². The first-order valence-corrected chi connectivity index (χ1v) is 6.46. The fourth-order valence-electron chi connectivity index (χ4n) is 2.36. The Kier molecular flexibility index (Phi) is 3.82. The lowest BCUT2D eigenvalue weighted by molar-refractivity contribution is -0.137. The van der Waals surface area contributed by atoms with Crippen molar-refractivity contribution >= 4 is 5.57 Å². The molecule has 0 radical (unpaired) electrons. The molecule has 1 atom stereocenters. The van der Waals surface area contributed by atoms with E-state index in [0.717, 1.165) is 36.1 Å². The summed E-state index contributed by atoms with van der Waals surface area (Å²) in [5.41, 5.74) is 6.83. The van der Waals surface area contributed by atoms with E-state index in [1.807, 2.05) is 13.0 Å². The van der Waals surface area contributed by atoms with Gasteiger partial charge in [0.25, 0.3) is 0 Å². The lowest BCUT2D eigenvalue weighted by Crippen LogP contribution is -2.37. The van der Waals surface area contributed by atoms with Crippen LogP contribution >= 0.6 is 0 Å². The third-order valence-corrected chi connectivity index (χ3v) is 3.66. The minimum absolute atomic E-state index is 0.233. The third kappa shape index (κ3) is 3.15. The van der Waals surface area contributed by atoms with Crippen LogP contribution in [0, 0.1) is 0 Å². The van der Waals surface area contributed by atoms with Gasteiger partial charge in [-0.25, -0.2) is 0 Å². The predicted octanol–water partition coefficient (Wildman–Crippen LogP) is 4.00. The summed E-state index contributed by atoms with van der Waals surface area (Å²) in [6, 6.07) is 3.62. The molecular formula is C15H18F3NO. The molecule has 0 heterocycles. The molecule has 20 heavy (non-hydrogen) atoms. The number of ether oxygens (including phenoxy) is 1. The van der Waals surface area contributed by atoms with Crippen molar-refractivity contribution in [2.45, 2.75) is 37.9 Å². The van der Waals surface area contributed by atoms with Crippen molar-refractivity contribution < 1.29 is 17.9 Å². The van der Waals surface area contributed by atoms with Gasteiger partial charge >= 0.3 is 6.18 Å². The Morgan fingerprint density at radius 3 is 2.50 bits per heavy atom. The van der Waals surface area contributed by atoms with Crippen LogP contribution in [0.3, 0.4) is 0 Å². The molecule has 1 aromatic carbocycles. The van der Waals surface area contributed by atoms with Gasteiger partial charge < -0.3 is 10.5 Å². The lowest BCUT2D eigenvalue weighted by atomic mass is 9.82. The van der Waals surface area contributed by atoms with Crippen LogP contribution in [0.15, 0.2) is 24.3 Å². The zero-order valence-electron chi connectivity index (χ0n) is 11.6. The number of halogens is 3. The molecule has 2 rings (SSSR count). The van der Waals surface area contributed by atoms with Gasteiger partial charge in [0.2, 0.25) is 0 Å². The van der Waals surface area contributed by atoms with Crippen LogP contribution in [0.4, 0.5) is 13.2 Å². The summed E-state index contributed by atoms with van der Waals surface area (Å²) < 4.78 is 43.2. The van der Waals surface area contributed by atoms with E-state index in [9.17, 15) is 13.2 Å². The number of alkyl halides is 3. The molecule has 0 fully saturated rings. The topological polar surface area (TPSA) is 35.2 Å². The van der Waals surface area contributed by atoms with Gasteiger partial charge in [-0.1, -0.05) is 12.1 Å². The fourth-order valence-corrected chi connectivity index (χ4v) is 2.36. The van der Waals surface area contributed by atoms with Crippen LogP contribution in [-0.4, -0.2) is 12.6 Å². The van der Waals surface area contributed by atoms with E-state index in [0.29, 0.717) is 6.42 Å². The second-order valence-corrected chi connectivity index (χ2v) is 5.50. The van der Waals surface area contributed by atoms with Crippen molar-refractivity contribution in [1.29, 1.82) is 0 Å². The Morgan fingerprint density at radius 1 is 1.30 bits per heavy atom. The van der Waals surface area contributed by atoms with Crippen LogP contribution in [0.2, 0.25) is 0 Å². The van der Waals surface area contributed by atoms with Crippen molar-refractivity contribution in [3.05, 3.63) is 35.4 Å². The Hall–Kier alpha value is -1.49. The van der Waals surface area contributed by atoms with Gasteiger partial charge in [0.05, 0.1) is 12.7 Å². The summed E-state index contributed by atoms with van der Waals surface area (Å²) in [5, 5.41) is 0. The second-order valence-electron chi connectivity index (χ2n) is 5.50. The maximum absolute atomic E-state index is 12.7. The van der Waals surface area contributed by atoms with Crippen molar-refractivity contribution in [3.63, 3.8) is 0 Å². The number of nitrogens with two attached hydrogens (primary N) is 1. The molecule has 2 N–H and O–H groups in total. The minimum Gasteiger partial charge on any atom is -0.496 e. The Balaban J connectivity index is 2.36. The van der Waals surface area contributed by atoms with Crippen LogP contribution in [0.5, 0.6) is 5.75 Å². The summed E-state index contributed by atoms with van der Waals surface area (Å²) in [5.74, 6) is 0.256. The second kappa shape index (κ2) is 5.13. The number of hydrogen-bond acceptors (Lipinski definition) is 2. The highest BCUT2D eigenvalue weighted by atomic mass is 19.4. The number of rotatable bonds is 2. The summed E-state index contributed by atoms with van der Waals surface area (Å²) in [4.78, 5) is 0. The van der Waals surface area contributed by atoms with Crippen LogP contribution in [-0.2, 0) is 6.18 Å². The Bertz CT molecular complexity index is 532. The molecule has 1 aliphatic carbocycles. The number of benzene rings is 1. The standard InChI is InChI=1S/C15H18F3NO/c1-14(19)7-5-10(6-8-14)12-4-3-11(15(16,17)18)9-13(12)20-2/h3-5,9H,6-8,19H2,1-2H3. The van der Waals surface area contributed by atoms with Gasteiger partial charge in [0.15, 0.2) is 0 Å². The third-order valence-electron chi connectivity index (χ3n) is 3.66. The van der Waals surface area contributed by atoms with Crippen molar-refractivity contribution in [1.82, 2.24) is 0 Å². The van der Waals surface area contributed by atoms with Crippen LogP contribution < -0.4 is 10.5 Å². The summed E-state index contributed by atoms with van der Waals surface area (Å²) in [7, 11) is 1.38. The zero-order chi connectivity index (χ0) is 15.0. The van der Waals surface area contributed by atoms with Gasteiger partial charge in [-0.15, -0.1) is 0 Å². The molecule has 1 aromatic rings. The van der Waals surface area contributed by atoms with Crippen LogP contribution in [0.1, 0.15) is 37.3 Å². The smallest absolute Gasteiger partial charge is 0.416 e. The maximum atomic E-state index is 12.7. The molecule has 0 saturated heterocycles. The highest BCUT2D eigenvalue weighted by Gasteiger charge is 2.32. The zero-order valence-corrected chi connectivity index (χ0v) is 11.6. The molecule has 0 saturated carbocycles. The van der Waals surface area contributed by atoms with Crippen molar-refractivity contribution in [2.75, 3.05) is 7.11 Å². The lowest BCUT2D eigenvalue weighted by Gasteiger charge is -2.29. The molecule has 2 nitrogen and oxygen atoms in total. The highest BCUT2D eigenvalue weighted by Crippen LogP contribution is 2.39. The minimum atomic E-state index is -4.36. The largest absolute Gasteiger partial charge is 0.496 e. The van der Waals surface area contributed by atoms with Gasteiger partial charge in [0.1, 0.15) is 5.75 Å². The monoisotopic (exact) mass is 285 g/mol. The number of methoxy groups -OCH3 is 1. The first-order chi connectivity index (χ1) is 9.23. The van der Waals surface area contributed by atoms with E-state index >= 15 is 0 Å². The average molecular weight is 285 g/mol. The fraction of sp³-hybridized carbons (Fsp3) is 0.467. The number of hydrogen-bond donors (Lipinski definition) is 1. The van der Waals surface area contributed by atoms with Crippen molar-refractivity contribution in [2.24, 2.45) is 5.73 Å². The van der Waals surface area contributed by atoms with Gasteiger partial charge in [-0.3, -0.25) is 0 Å². The SMILES string of the molecule is COc1cc(C(F)(F)F)ccc1C1=CCC(C)(N)CC1. The normalized spacial score (nSPS) is 23.4. The maximum Gasteiger partial charge on any atom is 0.416 e. The van der Waals surface area contributed by atoms with Gasteiger partial charge in [-0.05, 0) is 43.9 Å². The van der Waals surface area contributed by atoms with Gasteiger partial charge in [-0.2, -0.15) is 13.2 Å². The average Bonchev–Trinajstić information content (AvgIpc) is 2.37.